The molecule has 7 nitrogen and oxygen atoms in total. The summed E-state index contributed by atoms with van der Waals surface area (Å²) in [5.41, 5.74) is 9.43. The van der Waals surface area contributed by atoms with Crippen LogP contribution in [0.3, 0.4) is 0 Å². The van der Waals surface area contributed by atoms with Crippen molar-refractivity contribution in [3.05, 3.63) is 53.7 Å². The molecule has 1 fully saturated rings. The second-order valence-corrected chi connectivity index (χ2v) is 9.37. The number of aryl methyl sites for hydroxylation is 2. The van der Waals surface area contributed by atoms with Crippen LogP contribution in [0.2, 0.25) is 0 Å². The Morgan fingerprint density at radius 1 is 1.38 bits per heavy atom. The van der Waals surface area contributed by atoms with Gasteiger partial charge in [0.15, 0.2) is 5.82 Å². The molecule has 8 heteroatoms. The fourth-order valence-corrected chi connectivity index (χ4v) is 5.89. The standard InChI is InChI=1S/C21H26N6OS/c1-5-21(6-7-29(28)12-21)18-8-13(2)9-20(25-18)27-17-10-19(24-15(4)22)23-11-16(17)14(3)26-27/h8-11H,4-7,12,22H2,1-3H3,(H,23,24). The van der Waals surface area contributed by atoms with Gasteiger partial charge in [-0.3, -0.25) is 0 Å². The van der Waals surface area contributed by atoms with E-state index in [0.717, 1.165) is 52.3 Å². The van der Waals surface area contributed by atoms with Crippen molar-refractivity contribution in [1.82, 2.24) is 19.7 Å². The van der Waals surface area contributed by atoms with Gasteiger partial charge in [-0.2, -0.15) is 5.10 Å². The fraction of sp³-hybridized carbons (Fsp3) is 0.381. The van der Waals surface area contributed by atoms with Gasteiger partial charge >= 0.3 is 0 Å². The van der Waals surface area contributed by atoms with E-state index in [1.165, 1.54) is 0 Å². The van der Waals surface area contributed by atoms with Crippen LogP contribution < -0.4 is 11.1 Å². The van der Waals surface area contributed by atoms with E-state index < -0.39 is 11.2 Å². The lowest BCUT2D eigenvalue weighted by Gasteiger charge is -2.25. The van der Waals surface area contributed by atoms with Crippen molar-refractivity contribution in [2.45, 2.75) is 39.0 Å². The number of hydrogen-bond donors (Lipinski definition) is 2. The third-order valence-electron chi connectivity index (χ3n) is 5.68. The summed E-state index contributed by atoms with van der Waals surface area (Å²) >= 11 is -0.776. The van der Waals surface area contributed by atoms with E-state index in [2.05, 4.69) is 36.8 Å². The van der Waals surface area contributed by atoms with Crippen LogP contribution in [0, 0.1) is 13.8 Å². The molecular formula is C21H26N6OS. The number of nitrogens with two attached hydrogens (primary N) is 1. The molecule has 0 spiro atoms. The number of hydrogen-bond acceptors (Lipinski definition) is 6. The SMILES string of the molecule is C=C(N)Nc1cc2c(cn1)c(C)nn2-c1cc(C)cc(C2(CC)CC[S+]([O-])C2)n1. The van der Waals surface area contributed by atoms with Gasteiger partial charge in [0.2, 0.25) is 0 Å². The first-order valence-corrected chi connectivity index (χ1v) is 11.2. The lowest BCUT2D eigenvalue weighted by molar-refractivity contribution is 0.451. The Balaban J connectivity index is 1.86. The molecule has 2 unspecified atom stereocenters. The highest BCUT2D eigenvalue weighted by Crippen LogP contribution is 2.39. The van der Waals surface area contributed by atoms with Gasteiger partial charge in [-0.05, 0) is 38.0 Å². The van der Waals surface area contributed by atoms with Gasteiger partial charge < -0.3 is 15.6 Å². The molecule has 4 rings (SSSR count). The van der Waals surface area contributed by atoms with E-state index in [0.29, 0.717) is 17.4 Å². The maximum Gasteiger partial charge on any atom is 0.154 e. The molecule has 152 valence electrons. The Morgan fingerprint density at radius 2 is 2.17 bits per heavy atom. The van der Waals surface area contributed by atoms with Gasteiger partial charge in [-0.1, -0.05) is 24.7 Å². The predicted molar refractivity (Wildman–Crippen MR) is 118 cm³/mol. The normalized spacial score (nSPS) is 21.6. The Hall–Kier alpha value is -2.58. The van der Waals surface area contributed by atoms with Crippen LogP contribution in [0.25, 0.3) is 16.7 Å². The van der Waals surface area contributed by atoms with Crippen molar-refractivity contribution in [3.63, 3.8) is 0 Å². The highest BCUT2D eigenvalue weighted by atomic mass is 32.2. The number of nitrogens with zero attached hydrogens (tertiary/aromatic N) is 4. The molecule has 0 amide bonds. The van der Waals surface area contributed by atoms with Crippen molar-refractivity contribution < 1.29 is 4.55 Å². The summed E-state index contributed by atoms with van der Waals surface area (Å²) in [6.45, 7) is 9.85. The van der Waals surface area contributed by atoms with E-state index in [9.17, 15) is 4.55 Å². The topological polar surface area (TPSA) is 105 Å². The lowest BCUT2D eigenvalue weighted by atomic mass is 9.80. The number of nitrogens with one attached hydrogen (secondary N) is 1. The third-order valence-corrected chi connectivity index (χ3v) is 7.21. The molecule has 3 aromatic rings. The largest absolute Gasteiger partial charge is 0.616 e. The first-order chi connectivity index (χ1) is 13.8. The van der Waals surface area contributed by atoms with E-state index >= 15 is 0 Å². The van der Waals surface area contributed by atoms with Gasteiger partial charge in [-0.15, -0.1) is 0 Å². The molecule has 0 aliphatic carbocycles. The van der Waals surface area contributed by atoms with E-state index in [4.69, 9.17) is 15.8 Å². The minimum atomic E-state index is -0.776. The lowest BCUT2D eigenvalue weighted by Crippen LogP contribution is -2.28. The molecule has 1 aliphatic heterocycles. The number of fused-ring (bicyclic) bond motifs is 1. The summed E-state index contributed by atoms with van der Waals surface area (Å²) in [7, 11) is 0. The molecule has 1 saturated heterocycles. The van der Waals surface area contributed by atoms with Gasteiger partial charge in [-0.25, -0.2) is 14.6 Å². The molecule has 29 heavy (non-hydrogen) atoms. The van der Waals surface area contributed by atoms with Gasteiger partial charge in [0.25, 0.3) is 0 Å². The molecule has 4 heterocycles. The molecule has 0 saturated carbocycles. The van der Waals surface area contributed by atoms with Crippen molar-refractivity contribution >= 4 is 27.9 Å². The molecule has 1 aliphatic rings. The number of anilines is 1. The number of rotatable bonds is 5. The van der Waals surface area contributed by atoms with Crippen LogP contribution in [0.5, 0.6) is 0 Å². The summed E-state index contributed by atoms with van der Waals surface area (Å²) < 4.78 is 14.0. The third kappa shape index (κ3) is 3.58. The molecule has 0 aromatic carbocycles. The van der Waals surface area contributed by atoms with Crippen LogP contribution in [-0.4, -0.2) is 35.8 Å². The highest BCUT2D eigenvalue weighted by Gasteiger charge is 2.43. The predicted octanol–water partition coefficient (Wildman–Crippen LogP) is 3.07. The number of aromatic nitrogens is 4. The minimum Gasteiger partial charge on any atom is -0.616 e. The van der Waals surface area contributed by atoms with Crippen molar-refractivity contribution in [2.75, 3.05) is 16.8 Å². The monoisotopic (exact) mass is 410 g/mol. The summed E-state index contributed by atoms with van der Waals surface area (Å²) in [6.07, 6.45) is 3.61. The zero-order chi connectivity index (χ0) is 20.8. The fourth-order valence-electron chi connectivity index (χ4n) is 4.02. The first kappa shape index (κ1) is 19.7. The van der Waals surface area contributed by atoms with Gasteiger partial charge in [0.1, 0.15) is 17.3 Å². The zero-order valence-electron chi connectivity index (χ0n) is 17.0. The Bertz CT molecular complexity index is 1090. The molecule has 0 radical (unpaired) electrons. The van der Waals surface area contributed by atoms with E-state index in [-0.39, 0.29) is 5.41 Å². The summed E-state index contributed by atoms with van der Waals surface area (Å²) in [5, 5.41) is 8.63. The van der Waals surface area contributed by atoms with E-state index in [1.54, 1.807) is 6.20 Å². The Labute approximate surface area is 173 Å². The Kier molecular flexibility index (Phi) is 5.00. The Morgan fingerprint density at radius 3 is 2.83 bits per heavy atom. The maximum absolute atomic E-state index is 12.2. The average Bonchev–Trinajstić information content (AvgIpc) is 3.22. The van der Waals surface area contributed by atoms with Crippen LogP contribution in [-0.2, 0) is 16.6 Å². The molecular weight excluding hydrogens is 384 g/mol. The highest BCUT2D eigenvalue weighted by molar-refractivity contribution is 7.91. The van der Waals surface area contributed by atoms with E-state index in [1.807, 2.05) is 23.7 Å². The second kappa shape index (κ2) is 7.35. The molecule has 2 atom stereocenters. The summed E-state index contributed by atoms with van der Waals surface area (Å²) in [4.78, 5) is 9.39. The summed E-state index contributed by atoms with van der Waals surface area (Å²) in [5.74, 6) is 3.11. The minimum absolute atomic E-state index is 0.130. The smallest absolute Gasteiger partial charge is 0.154 e. The van der Waals surface area contributed by atoms with Crippen LogP contribution in [0.15, 0.2) is 36.8 Å². The van der Waals surface area contributed by atoms with Crippen molar-refractivity contribution in [1.29, 1.82) is 0 Å². The van der Waals surface area contributed by atoms with Crippen LogP contribution >= 0.6 is 0 Å². The molecule has 0 bridgehead atoms. The van der Waals surface area contributed by atoms with Crippen molar-refractivity contribution in [3.8, 4) is 5.82 Å². The zero-order valence-corrected chi connectivity index (χ0v) is 17.8. The second-order valence-electron chi connectivity index (χ2n) is 7.79. The van der Waals surface area contributed by atoms with Gasteiger partial charge in [0.05, 0.1) is 28.1 Å². The quantitative estimate of drug-likeness (QED) is 0.626. The van der Waals surface area contributed by atoms with Crippen molar-refractivity contribution in [2.24, 2.45) is 5.73 Å². The first-order valence-electron chi connectivity index (χ1n) is 9.72. The maximum atomic E-state index is 12.2. The van der Waals surface area contributed by atoms with Crippen LogP contribution in [0.1, 0.15) is 36.7 Å². The molecule has 3 aromatic heterocycles. The number of pyridine rings is 2. The molecule has 3 N–H and O–H groups in total. The average molecular weight is 411 g/mol. The van der Waals surface area contributed by atoms with Crippen LogP contribution in [0.4, 0.5) is 5.82 Å². The summed E-state index contributed by atoms with van der Waals surface area (Å²) in [6, 6.07) is 6.05. The van der Waals surface area contributed by atoms with Gasteiger partial charge in [0, 0.05) is 24.1 Å².